The van der Waals surface area contributed by atoms with Crippen LogP contribution in [0.4, 0.5) is 0 Å². The number of rotatable bonds is 4. The van der Waals surface area contributed by atoms with Gasteiger partial charge in [0.2, 0.25) is 0 Å². The first-order chi connectivity index (χ1) is 11.8. The van der Waals surface area contributed by atoms with Gasteiger partial charge in [-0.1, -0.05) is 17.7 Å². The van der Waals surface area contributed by atoms with Crippen LogP contribution in [0.1, 0.15) is 30.3 Å². The summed E-state index contributed by atoms with van der Waals surface area (Å²) < 4.78 is 11.6. The maximum atomic E-state index is 6.16. The normalized spacial score (nSPS) is 18.1. The largest absolute Gasteiger partial charge is 0.433 e. The molecule has 1 fully saturated rings. The zero-order chi connectivity index (χ0) is 16.4. The van der Waals surface area contributed by atoms with E-state index in [9.17, 15) is 0 Å². The summed E-state index contributed by atoms with van der Waals surface area (Å²) in [6, 6.07) is 7.75. The van der Waals surface area contributed by atoms with Gasteiger partial charge in [-0.15, -0.1) is 0 Å². The van der Waals surface area contributed by atoms with Crippen molar-refractivity contribution in [3.8, 4) is 0 Å². The van der Waals surface area contributed by atoms with Gasteiger partial charge in [0.25, 0.3) is 0 Å². The van der Waals surface area contributed by atoms with Crippen LogP contribution in [0.25, 0.3) is 5.57 Å². The Morgan fingerprint density at radius 1 is 1.12 bits per heavy atom. The summed E-state index contributed by atoms with van der Waals surface area (Å²) in [7, 11) is 0. The second-order valence-electron chi connectivity index (χ2n) is 5.78. The van der Waals surface area contributed by atoms with E-state index in [0.29, 0.717) is 12.5 Å². The van der Waals surface area contributed by atoms with E-state index in [1.807, 2.05) is 30.5 Å². The monoisotopic (exact) mass is 360 g/mol. The van der Waals surface area contributed by atoms with Crippen molar-refractivity contribution >= 4 is 35.2 Å². The number of hydrogen-bond acceptors (Lipinski definition) is 5. The van der Waals surface area contributed by atoms with Gasteiger partial charge in [-0.05, 0) is 48.9 Å². The molecule has 0 N–H and O–H groups in total. The van der Waals surface area contributed by atoms with Crippen LogP contribution in [0.3, 0.4) is 0 Å². The molecule has 3 heterocycles. The van der Waals surface area contributed by atoms with Crippen molar-refractivity contribution in [2.24, 2.45) is 4.99 Å². The fourth-order valence-corrected chi connectivity index (χ4v) is 3.81. The average molecular weight is 361 g/mol. The zero-order valence-electron chi connectivity index (χ0n) is 13.1. The molecule has 4 rings (SSSR count). The van der Waals surface area contributed by atoms with Crippen molar-refractivity contribution in [3.05, 3.63) is 46.9 Å². The molecule has 0 unspecified atom stereocenters. The lowest BCUT2D eigenvalue weighted by atomic mass is 10.0. The zero-order valence-corrected chi connectivity index (χ0v) is 14.6. The summed E-state index contributed by atoms with van der Waals surface area (Å²) in [6.45, 7) is 2.25. The summed E-state index contributed by atoms with van der Waals surface area (Å²) in [5.41, 5.74) is 1.92. The van der Waals surface area contributed by atoms with E-state index in [-0.39, 0.29) is 0 Å². The molecule has 0 amide bonds. The number of hydrogen-bond donors (Lipinski definition) is 0. The van der Waals surface area contributed by atoms with Gasteiger partial charge in [-0.3, -0.25) is 4.99 Å². The van der Waals surface area contributed by atoms with E-state index in [0.717, 1.165) is 58.2 Å². The van der Waals surface area contributed by atoms with Crippen molar-refractivity contribution in [1.82, 2.24) is 4.98 Å². The molecular weight excluding hydrogens is 344 g/mol. The first-order valence-corrected chi connectivity index (χ1v) is 9.21. The van der Waals surface area contributed by atoms with E-state index in [2.05, 4.69) is 11.1 Å². The van der Waals surface area contributed by atoms with Crippen LogP contribution in [0.2, 0.25) is 5.02 Å². The van der Waals surface area contributed by atoms with Crippen molar-refractivity contribution < 1.29 is 9.15 Å². The third-order valence-corrected chi connectivity index (χ3v) is 5.35. The van der Waals surface area contributed by atoms with Crippen molar-refractivity contribution in [2.45, 2.75) is 28.7 Å². The summed E-state index contributed by atoms with van der Waals surface area (Å²) >= 11 is 7.54. The molecule has 2 aliphatic rings. The lowest BCUT2D eigenvalue weighted by Gasteiger charge is -2.18. The van der Waals surface area contributed by atoms with Crippen LogP contribution in [0.5, 0.6) is 0 Å². The molecular formula is C18H17ClN2O2S. The Kier molecular flexibility index (Phi) is 4.74. The maximum Gasteiger partial charge on any atom is 0.199 e. The van der Waals surface area contributed by atoms with Gasteiger partial charge in [-0.2, -0.15) is 0 Å². The van der Waals surface area contributed by atoms with Gasteiger partial charge in [0.05, 0.1) is 6.54 Å². The van der Waals surface area contributed by atoms with Crippen LogP contribution >= 0.6 is 23.4 Å². The van der Waals surface area contributed by atoms with Crippen LogP contribution in [-0.2, 0) is 4.74 Å². The fraction of sp³-hybridized carbons (Fsp3) is 0.333. The van der Waals surface area contributed by atoms with Gasteiger partial charge < -0.3 is 9.15 Å². The standard InChI is InChI=1S/C18H17ClN2O2S/c19-14-1-3-15(4-2-14)24-18-16(13-5-8-20-11-13)21-17(23-18)12-6-9-22-10-7-12/h1-5,11-12H,6-10H2. The molecule has 0 spiro atoms. The molecule has 24 heavy (non-hydrogen) atoms. The Bertz CT molecular complexity index is 777. The molecule has 1 saturated heterocycles. The average Bonchev–Trinajstić information content (AvgIpc) is 3.27. The van der Waals surface area contributed by atoms with E-state index < -0.39 is 0 Å². The van der Waals surface area contributed by atoms with Crippen LogP contribution in [0.15, 0.2) is 49.7 Å². The van der Waals surface area contributed by atoms with Crippen LogP contribution < -0.4 is 0 Å². The second-order valence-corrected chi connectivity index (χ2v) is 7.27. The summed E-state index contributed by atoms with van der Waals surface area (Å²) in [5, 5.41) is 1.55. The number of aromatic nitrogens is 1. The highest BCUT2D eigenvalue weighted by Gasteiger charge is 2.25. The number of benzene rings is 1. The van der Waals surface area contributed by atoms with Gasteiger partial charge in [0, 0.05) is 40.8 Å². The number of ether oxygens (including phenoxy) is 1. The lowest BCUT2D eigenvalue weighted by Crippen LogP contribution is -2.14. The van der Waals surface area contributed by atoms with Crippen molar-refractivity contribution in [3.63, 3.8) is 0 Å². The molecule has 124 valence electrons. The minimum atomic E-state index is 0.330. The molecule has 1 aromatic heterocycles. The maximum absolute atomic E-state index is 6.16. The smallest absolute Gasteiger partial charge is 0.199 e. The highest BCUT2D eigenvalue weighted by atomic mass is 35.5. The summed E-state index contributed by atoms with van der Waals surface area (Å²) in [6.07, 6.45) is 5.87. The SMILES string of the molecule is Clc1ccc(Sc2oc(C3CCOCC3)nc2C2=CCN=C2)cc1. The number of allylic oxidation sites excluding steroid dienone is 1. The Labute approximate surface area is 150 Å². The predicted octanol–water partition coefficient (Wildman–Crippen LogP) is 4.84. The Morgan fingerprint density at radius 3 is 2.62 bits per heavy atom. The first kappa shape index (κ1) is 15.9. The molecule has 0 saturated carbocycles. The molecule has 0 atom stereocenters. The van der Waals surface area contributed by atoms with E-state index >= 15 is 0 Å². The molecule has 0 aliphatic carbocycles. The molecule has 6 heteroatoms. The molecule has 0 radical (unpaired) electrons. The lowest BCUT2D eigenvalue weighted by molar-refractivity contribution is 0.0786. The Balaban J connectivity index is 1.66. The van der Waals surface area contributed by atoms with Gasteiger partial charge in [0.1, 0.15) is 5.69 Å². The Hall–Kier alpha value is -1.56. The van der Waals surface area contributed by atoms with Crippen molar-refractivity contribution in [2.75, 3.05) is 19.8 Å². The number of aliphatic imine (C=N–C) groups is 1. The molecule has 1 aromatic carbocycles. The quantitative estimate of drug-likeness (QED) is 0.782. The summed E-state index contributed by atoms with van der Waals surface area (Å²) in [5.74, 6) is 1.14. The predicted molar refractivity (Wildman–Crippen MR) is 96.2 cm³/mol. The van der Waals surface area contributed by atoms with E-state index in [1.165, 1.54) is 0 Å². The minimum Gasteiger partial charge on any atom is -0.433 e. The highest BCUT2D eigenvalue weighted by Crippen LogP contribution is 2.38. The van der Waals surface area contributed by atoms with Crippen LogP contribution in [-0.4, -0.2) is 31.0 Å². The third-order valence-electron chi connectivity index (χ3n) is 4.13. The van der Waals surface area contributed by atoms with Gasteiger partial charge in [0.15, 0.2) is 11.0 Å². The molecule has 0 bridgehead atoms. The van der Waals surface area contributed by atoms with E-state index in [1.54, 1.807) is 11.8 Å². The topological polar surface area (TPSA) is 47.6 Å². The minimum absolute atomic E-state index is 0.330. The second kappa shape index (κ2) is 7.13. The highest BCUT2D eigenvalue weighted by molar-refractivity contribution is 7.99. The van der Waals surface area contributed by atoms with Crippen LogP contribution in [0, 0.1) is 0 Å². The van der Waals surface area contributed by atoms with Gasteiger partial charge in [-0.25, -0.2) is 4.98 Å². The number of nitrogens with zero attached hydrogens (tertiary/aromatic N) is 2. The van der Waals surface area contributed by atoms with Gasteiger partial charge >= 0.3 is 0 Å². The number of oxazole rings is 1. The molecule has 2 aromatic rings. The summed E-state index contributed by atoms with van der Waals surface area (Å²) in [4.78, 5) is 10.2. The Morgan fingerprint density at radius 2 is 1.92 bits per heavy atom. The fourth-order valence-electron chi connectivity index (χ4n) is 2.82. The van der Waals surface area contributed by atoms with Crippen molar-refractivity contribution in [1.29, 1.82) is 0 Å². The van der Waals surface area contributed by atoms with E-state index in [4.69, 9.17) is 25.7 Å². The number of halogens is 1. The first-order valence-electron chi connectivity index (χ1n) is 8.02. The molecule has 2 aliphatic heterocycles. The molecule has 4 nitrogen and oxygen atoms in total. The third kappa shape index (κ3) is 3.43.